The number of hydrogen-bond donors (Lipinski definition) is 1. The average Bonchev–Trinajstić information content (AvgIpc) is 3.26. The lowest BCUT2D eigenvalue weighted by molar-refractivity contribution is 0.00566. The van der Waals surface area contributed by atoms with Gasteiger partial charge in [-0.1, -0.05) is 0 Å². The van der Waals surface area contributed by atoms with E-state index in [1.165, 1.54) is 17.0 Å². The van der Waals surface area contributed by atoms with Crippen molar-refractivity contribution in [1.29, 1.82) is 0 Å². The highest BCUT2D eigenvalue weighted by atomic mass is 32.2. The van der Waals surface area contributed by atoms with Crippen molar-refractivity contribution in [3.63, 3.8) is 0 Å². The van der Waals surface area contributed by atoms with E-state index in [0.717, 1.165) is 5.69 Å². The molecule has 0 bridgehead atoms. The number of benzene rings is 2. The molecule has 0 spiro atoms. The summed E-state index contributed by atoms with van der Waals surface area (Å²) in [5, 5.41) is 8.10. The fourth-order valence-electron chi connectivity index (χ4n) is 5.36. The molecule has 2 aromatic heterocycles. The van der Waals surface area contributed by atoms with Gasteiger partial charge in [-0.3, -0.25) is 14.4 Å². The lowest BCUT2D eigenvalue weighted by Crippen LogP contribution is -2.59. The van der Waals surface area contributed by atoms with Crippen LogP contribution in [0, 0.1) is 5.82 Å². The third-order valence-electron chi connectivity index (χ3n) is 7.01. The van der Waals surface area contributed by atoms with Crippen LogP contribution >= 0.6 is 0 Å². The second kappa shape index (κ2) is 11.0. The number of aromatic nitrogens is 4. The number of hydrogen-bond acceptors (Lipinski definition) is 8. The summed E-state index contributed by atoms with van der Waals surface area (Å²) >= 11 is -1.49. The first kappa shape index (κ1) is 29.5. The minimum absolute atomic E-state index is 0.0907. The molecule has 0 saturated carbocycles. The predicted octanol–water partition coefficient (Wildman–Crippen LogP) is 4.48. The van der Waals surface area contributed by atoms with Gasteiger partial charge in [0, 0.05) is 65.9 Å². The molecule has 42 heavy (non-hydrogen) atoms. The zero-order valence-electron chi connectivity index (χ0n) is 24.6. The van der Waals surface area contributed by atoms with Gasteiger partial charge in [-0.05, 0) is 58.9 Å². The van der Waals surface area contributed by atoms with Crippen LogP contribution in [0.15, 0.2) is 41.8 Å². The molecule has 0 aliphatic carbocycles. The van der Waals surface area contributed by atoms with Crippen molar-refractivity contribution in [2.45, 2.75) is 57.5 Å². The Labute approximate surface area is 246 Å². The van der Waals surface area contributed by atoms with E-state index in [9.17, 15) is 18.5 Å². The number of rotatable bonds is 4. The smallest absolute Gasteiger partial charge is 0.410 e. The molecule has 3 heterocycles. The van der Waals surface area contributed by atoms with Crippen LogP contribution in [0.3, 0.4) is 0 Å². The summed E-state index contributed by atoms with van der Waals surface area (Å²) in [7, 11) is 1.69. The molecule has 11 nitrogen and oxygen atoms in total. The fraction of sp³-hybridized carbons (Fsp3) is 0.414. The molecule has 3 atom stereocenters. The van der Waals surface area contributed by atoms with E-state index < -0.39 is 28.5 Å². The highest BCUT2D eigenvalue weighted by molar-refractivity contribution is 7.90. The highest BCUT2D eigenvalue weighted by Gasteiger charge is 2.36. The van der Waals surface area contributed by atoms with Crippen molar-refractivity contribution >= 4 is 56.4 Å². The lowest BCUT2D eigenvalue weighted by atomic mass is 10.0. The molecule has 1 fully saturated rings. The normalized spacial score (nSPS) is 18.4. The number of nitrogens with one attached hydrogen (secondary N) is 1. The van der Waals surface area contributed by atoms with Crippen molar-refractivity contribution < 1.29 is 23.3 Å². The van der Waals surface area contributed by atoms with Crippen LogP contribution in [-0.4, -0.2) is 78.2 Å². The minimum atomic E-state index is -1.49. The molecule has 1 saturated heterocycles. The molecule has 1 aliphatic heterocycles. The van der Waals surface area contributed by atoms with E-state index in [1.54, 1.807) is 36.5 Å². The van der Waals surface area contributed by atoms with Crippen LogP contribution < -0.4 is 10.2 Å². The van der Waals surface area contributed by atoms with Crippen LogP contribution in [0.1, 0.15) is 45.0 Å². The first-order valence-corrected chi connectivity index (χ1v) is 15.1. The van der Waals surface area contributed by atoms with Gasteiger partial charge in [0.05, 0.1) is 23.2 Å². The monoisotopic (exact) mass is 595 g/mol. The molecule has 0 radical (unpaired) electrons. The van der Waals surface area contributed by atoms with Crippen LogP contribution in [0.4, 0.5) is 20.6 Å². The Hall–Kier alpha value is -3.97. The second-order valence-corrected chi connectivity index (χ2v) is 12.9. The van der Waals surface area contributed by atoms with E-state index in [4.69, 9.17) is 4.74 Å². The van der Waals surface area contributed by atoms with Crippen molar-refractivity contribution in [3.8, 4) is 0 Å². The van der Waals surface area contributed by atoms with Gasteiger partial charge in [0.25, 0.3) is 5.91 Å². The maximum absolute atomic E-state index is 14.7. The third kappa shape index (κ3) is 5.84. The first-order valence-electron chi connectivity index (χ1n) is 13.6. The number of halogens is 1. The topological polar surface area (TPSA) is 129 Å². The first-order chi connectivity index (χ1) is 19.7. The Morgan fingerprint density at radius 3 is 2.48 bits per heavy atom. The Bertz CT molecular complexity index is 1670. The SMILES string of the molecule is C[C@@H]1CN(c2ccc(C(=O)Nc3cc(F)c4nn(C)cc4c3)c3nc([S+](C)[O-])ncc23)C[C@H](C)N1C(=O)OC(C)(C)C. The van der Waals surface area contributed by atoms with E-state index in [0.29, 0.717) is 29.4 Å². The van der Waals surface area contributed by atoms with Crippen molar-refractivity contribution in [3.05, 3.63) is 48.0 Å². The van der Waals surface area contributed by atoms with Crippen LogP contribution in [0.2, 0.25) is 0 Å². The number of fused-ring (bicyclic) bond motifs is 2. The lowest BCUT2D eigenvalue weighted by Gasteiger charge is -2.45. The van der Waals surface area contributed by atoms with Gasteiger partial charge in [-0.25, -0.2) is 9.18 Å². The summed E-state index contributed by atoms with van der Waals surface area (Å²) in [4.78, 5) is 39.1. The standard InChI is InChI=1S/C29H34FN7O4S/c1-16-13-36(14-17(2)37(16)28(39)41-29(3,4)5)23-9-8-20(25-21(23)12-31-27(33-25)42(7)40)26(38)32-19-10-18-15-35(6)34-24(18)22(30)11-19/h8-12,15-17H,13-14H2,1-7H3,(H,32,38)/t16-,17+,42?. The van der Waals surface area contributed by atoms with Gasteiger partial charge >= 0.3 is 11.2 Å². The number of amides is 2. The van der Waals surface area contributed by atoms with Gasteiger partial charge in [0.1, 0.15) is 17.4 Å². The maximum Gasteiger partial charge on any atom is 0.410 e. The number of carbonyl (C=O) groups excluding carboxylic acids is 2. The summed E-state index contributed by atoms with van der Waals surface area (Å²) in [5.41, 5.74) is 1.20. The Kier molecular flexibility index (Phi) is 7.75. The predicted molar refractivity (Wildman–Crippen MR) is 160 cm³/mol. The van der Waals surface area contributed by atoms with Gasteiger partial charge in [0.15, 0.2) is 5.82 Å². The molecule has 4 aromatic rings. The summed E-state index contributed by atoms with van der Waals surface area (Å²) in [6, 6.07) is 6.00. The number of ether oxygens (including phenoxy) is 1. The van der Waals surface area contributed by atoms with E-state index >= 15 is 0 Å². The Balaban J connectivity index is 1.49. The maximum atomic E-state index is 14.7. The van der Waals surface area contributed by atoms with E-state index in [1.807, 2.05) is 40.7 Å². The zero-order valence-corrected chi connectivity index (χ0v) is 25.5. The summed E-state index contributed by atoms with van der Waals surface area (Å²) in [6.45, 7) is 10.5. The number of carbonyl (C=O) groups is 2. The van der Waals surface area contributed by atoms with Gasteiger partial charge in [0.2, 0.25) is 0 Å². The number of nitrogens with zero attached hydrogens (tertiary/aromatic N) is 6. The zero-order chi connectivity index (χ0) is 30.5. The number of anilines is 2. The quantitative estimate of drug-likeness (QED) is 0.270. The minimum Gasteiger partial charge on any atom is -0.609 e. The number of piperazine rings is 1. The van der Waals surface area contributed by atoms with Crippen molar-refractivity contribution in [2.24, 2.45) is 7.05 Å². The van der Waals surface area contributed by atoms with Gasteiger partial charge < -0.3 is 19.5 Å². The molecular formula is C29H34FN7O4S. The highest BCUT2D eigenvalue weighted by Crippen LogP contribution is 2.33. The molecule has 1 unspecified atom stereocenters. The summed E-state index contributed by atoms with van der Waals surface area (Å²) in [5.74, 6) is -1.06. The van der Waals surface area contributed by atoms with Crippen LogP contribution in [0.25, 0.3) is 21.8 Å². The summed E-state index contributed by atoms with van der Waals surface area (Å²) in [6.07, 6.45) is 4.34. The molecule has 2 aromatic carbocycles. The number of aryl methyl sites for hydroxylation is 1. The van der Waals surface area contributed by atoms with Crippen molar-refractivity contribution in [2.75, 3.05) is 29.6 Å². The summed E-state index contributed by atoms with van der Waals surface area (Å²) < 4.78 is 34.1. The Morgan fingerprint density at radius 2 is 1.83 bits per heavy atom. The third-order valence-corrected chi connectivity index (χ3v) is 7.72. The second-order valence-electron chi connectivity index (χ2n) is 11.6. The largest absolute Gasteiger partial charge is 0.609 e. The average molecular weight is 596 g/mol. The molecule has 2 amide bonds. The molecule has 1 aliphatic rings. The van der Waals surface area contributed by atoms with E-state index in [-0.39, 0.29) is 40.1 Å². The molecule has 5 rings (SSSR count). The van der Waals surface area contributed by atoms with Crippen molar-refractivity contribution in [1.82, 2.24) is 24.6 Å². The van der Waals surface area contributed by atoms with Crippen LogP contribution in [0.5, 0.6) is 0 Å². The Morgan fingerprint density at radius 1 is 1.14 bits per heavy atom. The fourth-order valence-corrected chi connectivity index (χ4v) is 5.78. The molecular weight excluding hydrogens is 561 g/mol. The molecule has 1 N–H and O–H groups in total. The van der Waals surface area contributed by atoms with Gasteiger partial charge in [-0.15, -0.1) is 0 Å². The molecule has 222 valence electrons. The van der Waals surface area contributed by atoms with Crippen LogP contribution in [-0.2, 0) is 23.0 Å². The van der Waals surface area contributed by atoms with E-state index in [2.05, 4.69) is 25.3 Å². The van der Waals surface area contributed by atoms with Gasteiger partial charge in [-0.2, -0.15) is 15.1 Å². The molecule has 13 heteroatoms.